The third kappa shape index (κ3) is 4.34. The number of nitrogens with zero attached hydrogens (tertiary/aromatic N) is 1. The Morgan fingerprint density at radius 3 is 2.23 bits per heavy atom. The van der Waals surface area contributed by atoms with Gasteiger partial charge >= 0.3 is 0 Å². The predicted molar refractivity (Wildman–Crippen MR) is 88.9 cm³/mol. The number of rotatable bonds is 7. The summed E-state index contributed by atoms with van der Waals surface area (Å²) in [7, 11) is 1.66. The molecule has 0 radical (unpaired) electrons. The molecular formula is C19H22N2O. The van der Waals surface area contributed by atoms with Gasteiger partial charge in [0, 0.05) is 6.54 Å². The summed E-state index contributed by atoms with van der Waals surface area (Å²) < 4.78 is 5.15. The van der Waals surface area contributed by atoms with E-state index in [1.165, 1.54) is 11.1 Å². The summed E-state index contributed by atoms with van der Waals surface area (Å²) in [6.07, 6.45) is 1.90. The molecule has 0 bridgehead atoms. The molecule has 1 atom stereocenters. The van der Waals surface area contributed by atoms with Gasteiger partial charge in [-0.25, -0.2) is 0 Å². The summed E-state index contributed by atoms with van der Waals surface area (Å²) in [5.74, 6) is 0.864. The van der Waals surface area contributed by atoms with E-state index in [2.05, 4.69) is 42.6 Å². The van der Waals surface area contributed by atoms with Gasteiger partial charge in [-0.15, -0.1) is 0 Å². The Morgan fingerprint density at radius 1 is 1.05 bits per heavy atom. The summed E-state index contributed by atoms with van der Waals surface area (Å²) in [5, 5.41) is 12.7. The zero-order valence-electron chi connectivity index (χ0n) is 13.2. The van der Waals surface area contributed by atoms with Crippen LogP contribution in [0.15, 0.2) is 48.5 Å². The van der Waals surface area contributed by atoms with E-state index in [0.29, 0.717) is 0 Å². The number of methoxy groups -OCH3 is 1. The number of ether oxygens (including phenoxy) is 1. The van der Waals surface area contributed by atoms with E-state index in [1.54, 1.807) is 7.11 Å². The Balaban J connectivity index is 1.88. The van der Waals surface area contributed by atoms with Gasteiger partial charge in [0.1, 0.15) is 11.8 Å². The summed E-state index contributed by atoms with van der Waals surface area (Å²) in [5.41, 5.74) is 3.54. The van der Waals surface area contributed by atoms with E-state index in [4.69, 9.17) is 4.74 Å². The molecule has 0 saturated heterocycles. The van der Waals surface area contributed by atoms with Crippen molar-refractivity contribution in [1.82, 2.24) is 5.32 Å². The van der Waals surface area contributed by atoms with E-state index in [0.717, 1.165) is 30.7 Å². The molecule has 2 rings (SSSR count). The maximum atomic E-state index is 9.34. The fourth-order valence-corrected chi connectivity index (χ4v) is 2.34. The molecular weight excluding hydrogens is 272 g/mol. The molecule has 2 aromatic carbocycles. The highest BCUT2D eigenvalue weighted by atomic mass is 16.5. The van der Waals surface area contributed by atoms with E-state index < -0.39 is 0 Å². The second-order valence-electron chi connectivity index (χ2n) is 5.21. The van der Waals surface area contributed by atoms with Gasteiger partial charge in [0.15, 0.2) is 0 Å². The van der Waals surface area contributed by atoms with Crippen molar-refractivity contribution in [3.05, 3.63) is 65.2 Å². The zero-order chi connectivity index (χ0) is 15.8. The van der Waals surface area contributed by atoms with Gasteiger partial charge in [0.05, 0.1) is 13.2 Å². The molecule has 0 aliphatic heterocycles. The Kier molecular flexibility index (Phi) is 6.00. The van der Waals surface area contributed by atoms with E-state index in [-0.39, 0.29) is 6.04 Å². The third-order valence-electron chi connectivity index (χ3n) is 3.77. The number of hydrogen-bond acceptors (Lipinski definition) is 3. The lowest BCUT2D eigenvalue weighted by Gasteiger charge is -2.12. The molecule has 0 spiro atoms. The van der Waals surface area contributed by atoms with Crippen LogP contribution in [-0.4, -0.2) is 13.7 Å². The minimum atomic E-state index is -0.260. The second kappa shape index (κ2) is 8.21. The standard InChI is InChI=1S/C19H22N2O/c1-3-15-4-8-17(9-5-15)19(14-20)21-13-12-16-6-10-18(22-2)11-7-16/h4-11,19,21H,3,12-13H2,1-2H3. The highest BCUT2D eigenvalue weighted by Crippen LogP contribution is 2.15. The first-order valence-electron chi connectivity index (χ1n) is 7.61. The monoisotopic (exact) mass is 294 g/mol. The highest BCUT2D eigenvalue weighted by Gasteiger charge is 2.09. The summed E-state index contributed by atoms with van der Waals surface area (Å²) in [6, 6.07) is 18.3. The topological polar surface area (TPSA) is 45.0 Å². The Labute approximate surface area is 132 Å². The van der Waals surface area contributed by atoms with Gasteiger partial charge in [-0.1, -0.05) is 43.3 Å². The van der Waals surface area contributed by atoms with E-state index in [9.17, 15) is 5.26 Å². The second-order valence-corrected chi connectivity index (χ2v) is 5.21. The Bertz CT molecular complexity index is 611. The average molecular weight is 294 g/mol. The molecule has 3 heteroatoms. The Morgan fingerprint density at radius 2 is 1.68 bits per heavy atom. The fraction of sp³-hybridized carbons (Fsp3) is 0.316. The SMILES string of the molecule is CCc1ccc(C(C#N)NCCc2ccc(OC)cc2)cc1. The van der Waals surface area contributed by atoms with E-state index >= 15 is 0 Å². The van der Waals surface area contributed by atoms with Crippen LogP contribution in [0.1, 0.15) is 29.7 Å². The van der Waals surface area contributed by atoms with Crippen LogP contribution in [0.5, 0.6) is 5.75 Å². The van der Waals surface area contributed by atoms with Gasteiger partial charge in [-0.2, -0.15) is 5.26 Å². The van der Waals surface area contributed by atoms with Crippen LogP contribution in [0.2, 0.25) is 0 Å². The lowest BCUT2D eigenvalue weighted by atomic mass is 10.0. The normalized spacial score (nSPS) is 11.7. The third-order valence-corrected chi connectivity index (χ3v) is 3.77. The molecule has 0 amide bonds. The molecule has 1 N–H and O–H groups in total. The first-order chi connectivity index (χ1) is 10.8. The zero-order valence-corrected chi connectivity index (χ0v) is 13.2. The first kappa shape index (κ1) is 16.1. The molecule has 0 aliphatic rings. The molecule has 0 saturated carbocycles. The lowest BCUT2D eigenvalue weighted by molar-refractivity contribution is 0.414. The number of nitriles is 1. The summed E-state index contributed by atoms with van der Waals surface area (Å²) in [4.78, 5) is 0. The van der Waals surface area contributed by atoms with Crippen molar-refractivity contribution in [2.24, 2.45) is 0 Å². The largest absolute Gasteiger partial charge is 0.497 e. The molecule has 0 fully saturated rings. The van der Waals surface area contributed by atoms with Crippen LogP contribution >= 0.6 is 0 Å². The average Bonchev–Trinajstić information content (AvgIpc) is 2.59. The minimum absolute atomic E-state index is 0.260. The van der Waals surface area contributed by atoms with Crippen LogP contribution in [-0.2, 0) is 12.8 Å². The van der Waals surface area contributed by atoms with Crippen LogP contribution in [0.4, 0.5) is 0 Å². The van der Waals surface area contributed by atoms with E-state index in [1.807, 2.05) is 24.3 Å². The molecule has 3 nitrogen and oxygen atoms in total. The first-order valence-corrected chi connectivity index (χ1v) is 7.61. The quantitative estimate of drug-likeness (QED) is 0.847. The van der Waals surface area contributed by atoms with Crippen LogP contribution in [0.25, 0.3) is 0 Å². The molecule has 0 aliphatic carbocycles. The van der Waals surface area contributed by atoms with Crippen molar-refractivity contribution >= 4 is 0 Å². The van der Waals surface area contributed by atoms with Crippen molar-refractivity contribution < 1.29 is 4.74 Å². The molecule has 1 unspecified atom stereocenters. The van der Waals surface area contributed by atoms with Crippen molar-refractivity contribution in [2.75, 3.05) is 13.7 Å². The number of nitrogens with one attached hydrogen (secondary N) is 1. The molecule has 0 heterocycles. The molecule has 114 valence electrons. The van der Waals surface area contributed by atoms with Gasteiger partial charge in [-0.05, 0) is 41.7 Å². The number of benzene rings is 2. The van der Waals surface area contributed by atoms with Crippen LogP contribution in [0.3, 0.4) is 0 Å². The Hall–Kier alpha value is -2.31. The van der Waals surface area contributed by atoms with Gasteiger partial charge in [0.2, 0.25) is 0 Å². The van der Waals surface area contributed by atoms with Crippen LogP contribution < -0.4 is 10.1 Å². The summed E-state index contributed by atoms with van der Waals surface area (Å²) in [6.45, 7) is 2.89. The molecule has 0 aromatic heterocycles. The summed E-state index contributed by atoms with van der Waals surface area (Å²) >= 11 is 0. The maximum Gasteiger partial charge on any atom is 0.121 e. The van der Waals surface area contributed by atoms with Gasteiger partial charge in [0.25, 0.3) is 0 Å². The number of hydrogen-bond donors (Lipinski definition) is 1. The lowest BCUT2D eigenvalue weighted by Crippen LogP contribution is -2.22. The number of aryl methyl sites for hydroxylation is 1. The van der Waals surface area contributed by atoms with Gasteiger partial charge in [-0.3, -0.25) is 5.32 Å². The van der Waals surface area contributed by atoms with Crippen molar-refractivity contribution in [3.8, 4) is 11.8 Å². The smallest absolute Gasteiger partial charge is 0.121 e. The maximum absolute atomic E-state index is 9.34. The van der Waals surface area contributed by atoms with Crippen molar-refractivity contribution in [2.45, 2.75) is 25.8 Å². The molecule has 22 heavy (non-hydrogen) atoms. The molecule has 2 aromatic rings. The fourth-order valence-electron chi connectivity index (χ4n) is 2.34. The minimum Gasteiger partial charge on any atom is -0.497 e. The van der Waals surface area contributed by atoms with Crippen molar-refractivity contribution in [1.29, 1.82) is 5.26 Å². The van der Waals surface area contributed by atoms with Gasteiger partial charge < -0.3 is 4.74 Å². The van der Waals surface area contributed by atoms with Crippen LogP contribution in [0, 0.1) is 11.3 Å². The highest BCUT2D eigenvalue weighted by molar-refractivity contribution is 5.29. The van der Waals surface area contributed by atoms with Crippen molar-refractivity contribution in [3.63, 3.8) is 0 Å². The predicted octanol–water partition coefficient (Wildman–Crippen LogP) is 3.65.